The van der Waals surface area contributed by atoms with Crippen LogP contribution in [0.2, 0.25) is 0 Å². The average Bonchev–Trinajstić information content (AvgIpc) is 2.58. The minimum absolute atomic E-state index is 0.00756. The third kappa shape index (κ3) is 27.8. The second-order valence-corrected chi connectivity index (χ2v) is 21.1. The molecule has 0 bridgehead atoms. The van der Waals surface area contributed by atoms with Crippen molar-refractivity contribution in [2.75, 3.05) is 13.1 Å². The molecule has 88 heavy (non-hydrogen) atoms. The van der Waals surface area contributed by atoms with Gasteiger partial charge in [-0.1, -0.05) is 147 Å². The van der Waals surface area contributed by atoms with Crippen molar-refractivity contribution in [1.29, 1.82) is 0 Å². The number of unbranched alkanes of at least 4 members (excludes halogenated alkanes) is 21. The number of hydrogen-bond acceptors (Lipinski definition) is 3. The molecule has 0 aliphatic carbocycles. The quantitative estimate of drug-likeness (QED) is 0.0229. The molecule has 498 valence electrons. The number of benzene rings is 4. The molecule has 0 radical (unpaired) electrons. The van der Waals surface area contributed by atoms with Crippen LogP contribution in [0.3, 0.4) is 0 Å². The number of quaternary nitrogens is 1. The SMILES string of the molecule is CCCCCCCCCCCCCC[NH+](CCCCCCCCCCCCC)c1c(OB(Oc2cc(C(F)(F)F)cc(C(F)(F)F)c2)Oc2cc(C(F)(F)F)cc(C(F)(F)F)c2)cc(C(F)(F)F)cc1C(F)(F)F.FC(F)(F)c1c[c-]cc(C(F)(F)F)c1. The van der Waals surface area contributed by atoms with E-state index in [0.29, 0.717) is 37.8 Å². The number of hydrogen-bond donors (Lipinski definition) is 1. The summed E-state index contributed by atoms with van der Waals surface area (Å²) in [6, 6.07) is 1.26. The minimum atomic E-state index is -5.63. The summed E-state index contributed by atoms with van der Waals surface area (Å²) in [6.07, 6.45) is -23.5. The summed E-state index contributed by atoms with van der Waals surface area (Å²) >= 11 is 0. The van der Waals surface area contributed by atoms with Crippen molar-refractivity contribution < 1.29 is 124 Å². The Bertz CT molecular complexity index is 2500. The van der Waals surface area contributed by atoms with Gasteiger partial charge in [0.05, 0.1) is 40.9 Å². The van der Waals surface area contributed by atoms with E-state index in [-0.39, 0.29) is 73.3 Å². The summed E-state index contributed by atoms with van der Waals surface area (Å²) in [5.41, 5.74) is -16.1. The van der Waals surface area contributed by atoms with E-state index in [1.54, 1.807) is 6.07 Å². The first-order valence-electron chi connectivity index (χ1n) is 28.6. The van der Waals surface area contributed by atoms with Crippen LogP contribution in [0, 0.1) is 6.07 Å². The minimum Gasteiger partial charge on any atom is -0.490 e. The van der Waals surface area contributed by atoms with Crippen LogP contribution < -0.4 is 18.9 Å². The zero-order chi connectivity index (χ0) is 66.4. The van der Waals surface area contributed by atoms with Crippen molar-refractivity contribution >= 4 is 13.0 Å². The summed E-state index contributed by atoms with van der Waals surface area (Å²) in [4.78, 5) is -0.139. The number of rotatable bonds is 32. The van der Waals surface area contributed by atoms with Gasteiger partial charge in [-0.25, -0.2) is 0 Å². The van der Waals surface area contributed by atoms with Crippen LogP contribution in [0.25, 0.3) is 0 Å². The first-order chi connectivity index (χ1) is 40.7. The first kappa shape index (κ1) is 76.9. The summed E-state index contributed by atoms with van der Waals surface area (Å²) in [5, 5.41) is 0. The number of nitrogens with one attached hydrogen (secondary N) is 1. The molecule has 0 spiro atoms. The Morgan fingerprint density at radius 2 is 0.568 bits per heavy atom. The number of halogens is 24. The standard InChI is InChI=1S/C51H64BF18NO3.C8H3F6/c1-3-5-7-9-11-13-15-17-19-21-23-25-27-71(26-24-22-20-18-16-14-12-10-8-6-4-2)45-43(51(68,69)70)34-40(50(65,66)67)35-44(45)74-52(72-41-30-36(46(53,54)55)28-37(31-41)47(56,57)58)73-42-32-38(48(59,60)61)29-39(33-42)49(62,63)64;9-7(10,11)5-2-1-3-6(4-5)8(12,13)14/h28-35H,3-27H2,1-2H3;2-4H/q;-1/p+1. The van der Waals surface area contributed by atoms with Gasteiger partial charge in [0.15, 0.2) is 11.4 Å². The molecule has 1 atom stereocenters. The van der Waals surface area contributed by atoms with E-state index in [4.69, 9.17) is 14.0 Å². The predicted molar refractivity (Wildman–Crippen MR) is 280 cm³/mol. The largest absolute Gasteiger partial charge is 0.864 e. The molecule has 0 aromatic heterocycles. The van der Waals surface area contributed by atoms with E-state index in [1.807, 2.05) is 0 Å². The van der Waals surface area contributed by atoms with Crippen LogP contribution in [0.5, 0.6) is 17.2 Å². The van der Waals surface area contributed by atoms with Crippen LogP contribution in [0.15, 0.2) is 66.7 Å². The van der Waals surface area contributed by atoms with Gasteiger partial charge in [0.1, 0.15) is 17.1 Å². The van der Waals surface area contributed by atoms with E-state index >= 15 is 13.2 Å². The molecule has 0 amide bonds. The summed E-state index contributed by atoms with van der Waals surface area (Å²) < 4.78 is 344. The topological polar surface area (TPSA) is 32.1 Å². The third-order valence-electron chi connectivity index (χ3n) is 13.8. The fourth-order valence-corrected chi connectivity index (χ4v) is 9.20. The lowest BCUT2D eigenvalue weighted by atomic mass is 10.0. The van der Waals surface area contributed by atoms with Crippen molar-refractivity contribution in [3.05, 3.63) is 117 Å². The molecule has 0 saturated heterocycles. The van der Waals surface area contributed by atoms with Crippen LogP contribution in [0.1, 0.15) is 206 Å². The summed E-state index contributed by atoms with van der Waals surface area (Å²) in [5.74, 6) is -4.57. The lowest BCUT2D eigenvalue weighted by Crippen LogP contribution is -3.07. The van der Waals surface area contributed by atoms with Gasteiger partial charge in [0, 0.05) is 0 Å². The zero-order valence-corrected chi connectivity index (χ0v) is 47.9. The molecule has 29 heteroatoms. The smallest absolute Gasteiger partial charge is 0.490 e. The second kappa shape index (κ2) is 34.2. The summed E-state index contributed by atoms with van der Waals surface area (Å²) in [7, 11) is -3.26. The summed E-state index contributed by atoms with van der Waals surface area (Å²) in [6.45, 7) is 3.80. The third-order valence-corrected chi connectivity index (χ3v) is 13.8. The second-order valence-electron chi connectivity index (χ2n) is 21.1. The van der Waals surface area contributed by atoms with Gasteiger partial charge in [-0.3, -0.25) is 4.90 Å². The van der Waals surface area contributed by atoms with E-state index in [2.05, 4.69) is 13.8 Å². The normalized spacial score (nSPS) is 13.3. The Morgan fingerprint density at radius 1 is 0.307 bits per heavy atom. The van der Waals surface area contributed by atoms with E-state index in [0.717, 1.165) is 109 Å². The number of alkyl halides is 24. The van der Waals surface area contributed by atoms with Gasteiger partial charge in [-0.05, 0) is 74.2 Å². The van der Waals surface area contributed by atoms with Gasteiger partial charge < -0.3 is 14.0 Å². The predicted octanol–water partition coefficient (Wildman–Crippen LogP) is 22.4. The van der Waals surface area contributed by atoms with Gasteiger partial charge in [0.25, 0.3) is 0 Å². The monoisotopic (exact) mass is 1310 g/mol. The molecule has 0 saturated carbocycles. The Hall–Kier alpha value is -5.38. The van der Waals surface area contributed by atoms with E-state index in [9.17, 15) is 92.2 Å². The fraction of sp³-hybridized carbons (Fsp3) is 0.593. The highest BCUT2D eigenvalue weighted by Crippen LogP contribution is 2.45. The molecular formula is C59H68BF24NO3. The van der Waals surface area contributed by atoms with E-state index < -0.39 is 136 Å². The first-order valence-corrected chi connectivity index (χ1v) is 28.6. The maximum Gasteiger partial charge on any atom is 0.864 e. The average molecular weight is 1310 g/mol. The van der Waals surface area contributed by atoms with Crippen molar-refractivity contribution in [3.8, 4) is 17.2 Å². The maximum atomic E-state index is 15.2. The van der Waals surface area contributed by atoms with Gasteiger partial charge >= 0.3 is 56.7 Å². The van der Waals surface area contributed by atoms with Crippen LogP contribution in [-0.4, -0.2) is 20.4 Å². The van der Waals surface area contributed by atoms with Crippen LogP contribution in [0.4, 0.5) is 111 Å². The molecular weight excluding hydrogens is 1240 g/mol. The molecule has 0 heterocycles. The van der Waals surface area contributed by atoms with Crippen LogP contribution >= 0.6 is 0 Å². The molecule has 1 unspecified atom stereocenters. The lowest BCUT2D eigenvalue weighted by molar-refractivity contribution is -0.834. The molecule has 4 rings (SSSR count). The Labute approximate surface area is 494 Å². The molecule has 4 nitrogen and oxygen atoms in total. The van der Waals surface area contributed by atoms with Crippen molar-refractivity contribution in [3.63, 3.8) is 0 Å². The maximum absolute atomic E-state index is 15.2. The Kier molecular flexibility index (Phi) is 29.8. The molecule has 0 fully saturated rings. The highest BCUT2D eigenvalue weighted by molar-refractivity contribution is 6.39. The van der Waals surface area contributed by atoms with E-state index in [1.165, 1.54) is 0 Å². The van der Waals surface area contributed by atoms with Crippen molar-refractivity contribution in [2.24, 2.45) is 0 Å². The van der Waals surface area contributed by atoms with Crippen molar-refractivity contribution in [1.82, 2.24) is 0 Å². The van der Waals surface area contributed by atoms with Gasteiger partial charge in [0.2, 0.25) is 0 Å². The molecule has 1 N–H and O–H groups in total. The van der Waals surface area contributed by atoms with Gasteiger partial charge in [-0.2, -0.15) is 124 Å². The van der Waals surface area contributed by atoms with Gasteiger partial charge in [-0.15, -0.1) is 6.07 Å². The van der Waals surface area contributed by atoms with Crippen LogP contribution in [-0.2, 0) is 49.4 Å². The van der Waals surface area contributed by atoms with Crippen molar-refractivity contribution in [2.45, 2.75) is 211 Å². The zero-order valence-electron chi connectivity index (χ0n) is 47.9. The molecule has 4 aromatic rings. The lowest BCUT2D eigenvalue weighted by Gasteiger charge is -2.27. The Balaban J connectivity index is 0.00000126. The highest BCUT2D eigenvalue weighted by atomic mass is 19.4. The highest BCUT2D eigenvalue weighted by Gasteiger charge is 2.47. The molecule has 0 aliphatic heterocycles. The molecule has 4 aromatic carbocycles. The Morgan fingerprint density at radius 3 is 0.841 bits per heavy atom. The molecule has 0 aliphatic rings. The fourth-order valence-electron chi connectivity index (χ4n) is 9.20.